The van der Waals surface area contributed by atoms with Crippen molar-refractivity contribution in [3.63, 3.8) is 0 Å². The Kier molecular flexibility index (Phi) is 5.09. The van der Waals surface area contributed by atoms with E-state index in [4.69, 9.17) is 18.0 Å². The number of hydrogen-bond acceptors (Lipinski definition) is 5. The molecule has 0 aliphatic carbocycles. The van der Waals surface area contributed by atoms with Gasteiger partial charge in [-0.05, 0) is 6.42 Å². The first-order valence-corrected chi connectivity index (χ1v) is 5.80. The molecule has 0 radical (unpaired) electrons. The van der Waals surface area contributed by atoms with Crippen LogP contribution in [0.25, 0.3) is 0 Å². The number of aromatic nitrogens is 1. The highest BCUT2D eigenvalue weighted by Crippen LogP contribution is 2.27. The largest absolute Gasteiger partial charge is 0.465 e. The van der Waals surface area contributed by atoms with Gasteiger partial charge in [0.1, 0.15) is 0 Å². The summed E-state index contributed by atoms with van der Waals surface area (Å²) in [6.07, 6.45) is 6.67. The van der Waals surface area contributed by atoms with Crippen molar-refractivity contribution in [2.75, 3.05) is 19.0 Å². The van der Waals surface area contributed by atoms with E-state index in [2.05, 4.69) is 21.0 Å². The van der Waals surface area contributed by atoms with Crippen LogP contribution in [0.4, 0.5) is 5.13 Å². The van der Waals surface area contributed by atoms with Gasteiger partial charge in [-0.15, -0.1) is 12.3 Å². The number of rotatable bonds is 5. The third kappa shape index (κ3) is 3.40. The Morgan fingerprint density at radius 2 is 2.50 bits per heavy atom. The molecule has 0 aromatic carbocycles. The van der Waals surface area contributed by atoms with Crippen LogP contribution >= 0.6 is 22.9 Å². The summed E-state index contributed by atoms with van der Waals surface area (Å²) in [6, 6.07) is 0. The number of ether oxygens (including phenoxy) is 1. The molecule has 6 heteroatoms. The molecule has 0 saturated heterocycles. The van der Waals surface area contributed by atoms with Gasteiger partial charge in [-0.3, -0.25) is 0 Å². The van der Waals surface area contributed by atoms with Crippen molar-refractivity contribution in [3.8, 4) is 12.3 Å². The lowest BCUT2D eigenvalue weighted by atomic mass is 10.3. The minimum absolute atomic E-state index is 0.163. The first kappa shape index (κ1) is 12.8. The maximum Gasteiger partial charge on any atom is 0.351 e. The normalized spacial score (nSPS) is 9.56. The average Bonchev–Trinajstić information content (AvgIpc) is 2.65. The van der Waals surface area contributed by atoms with Gasteiger partial charge in [-0.2, -0.15) is 0 Å². The first-order valence-electron chi connectivity index (χ1n) is 4.61. The topological polar surface area (TPSA) is 51.2 Å². The molecule has 1 N–H and O–H groups in total. The minimum atomic E-state index is -0.473. The molecule has 0 saturated carbocycles. The molecule has 1 aromatic heterocycles. The van der Waals surface area contributed by atoms with Crippen LogP contribution in [0, 0.1) is 12.3 Å². The van der Waals surface area contributed by atoms with Crippen LogP contribution in [0.1, 0.15) is 22.5 Å². The molecular weight excluding hydrogens is 248 g/mol. The fourth-order valence-corrected chi connectivity index (χ4v) is 2.11. The van der Waals surface area contributed by atoms with Gasteiger partial charge in [-0.1, -0.05) is 22.9 Å². The van der Waals surface area contributed by atoms with Crippen molar-refractivity contribution in [2.24, 2.45) is 0 Å². The molecule has 0 bridgehead atoms. The molecule has 0 amide bonds. The molecule has 1 rings (SSSR count). The van der Waals surface area contributed by atoms with Crippen LogP contribution in [-0.4, -0.2) is 24.6 Å². The Labute approximate surface area is 103 Å². The molecule has 1 aromatic rings. The van der Waals surface area contributed by atoms with Crippen molar-refractivity contribution in [3.05, 3.63) is 10.0 Å². The molecule has 0 aliphatic rings. The third-order valence-corrected chi connectivity index (χ3v) is 3.11. The Morgan fingerprint density at radius 3 is 3.12 bits per heavy atom. The first-order chi connectivity index (χ1) is 7.69. The quantitative estimate of drug-likeness (QED) is 0.501. The monoisotopic (exact) mass is 258 g/mol. The number of unbranched alkanes of at least 4 members (excludes halogenated alkanes) is 1. The van der Waals surface area contributed by atoms with E-state index < -0.39 is 5.97 Å². The number of hydrogen-bond donors (Lipinski definition) is 1. The predicted octanol–water partition coefficient (Wildman–Crippen LogP) is 2.41. The molecule has 0 spiro atoms. The Morgan fingerprint density at radius 1 is 1.75 bits per heavy atom. The molecule has 86 valence electrons. The summed E-state index contributed by atoms with van der Waals surface area (Å²) < 4.78 is 4.57. The number of thiazole rings is 1. The van der Waals surface area contributed by atoms with E-state index in [0.29, 0.717) is 23.0 Å². The van der Waals surface area contributed by atoms with E-state index in [1.807, 2.05) is 0 Å². The lowest BCUT2D eigenvalue weighted by Gasteiger charge is -1.98. The minimum Gasteiger partial charge on any atom is -0.465 e. The second kappa shape index (κ2) is 6.36. The van der Waals surface area contributed by atoms with Crippen LogP contribution < -0.4 is 5.32 Å². The summed E-state index contributed by atoms with van der Waals surface area (Å²) in [5, 5.41) is 3.80. The number of methoxy groups -OCH3 is 1. The molecule has 0 fully saturated rings. The van der Waals surface area contributed by atoms with Gasteiger partial charge in [-0.25, -0.2) is 9.78 Å². The maximum atomic E-state index is 11.2. The zero-order valence-corrected chi connectivity index (χ0v) is 10.3. The van der Waals surface area contributed by atoms with Gasteiger partial charge in [0.25, 0.3) is 0 Å². The van der Waals surface area contributed by atoms with Crippen LogP contribution in [0.3, 0.4) is 0 Å². The van der Waals surface area contributed by atoms with Gasteiger partial charge in [0, 0.05) is 13.0 Å². The number of esters is 1. The van der Waals surface area contributed by atoms with Crippen LogP contribution in [-0.2, 0) is 4.74 Å². The summed E-state index contributed by atoms with van der Waals surface area (Å²) in [6.45, 7) is 0.703. The molecular formula is C10H11ClN2O2S. The van der Waals surface area contributed by atoms with Gasteiger partial charge in [0.05, 0.1) is 7.11 Å². The number of halogens is 1. The Bertz CT molecular complexity index is 411. The van der Waals surface area contributed by atoms with E-state index in [1.165, 1.54) is 18.4 Å². The number of terminal acetylenes is 1. The lowest BCUT2D eigenvalue weighted by Crippen LogP contribution is -2.00. The highest BCUT2D eigenvalue weighted by atomic mass is 35.5. The molecule has 0 aliphatic heterocycles. The highest BCUT2D eigenvalue weighted by molar-refractivity contribution is 7.18. The summed E-state index contributed by atoms with van der Waals surface area (Å²) in [5.41, 5.74) is 0. The van der Waals surface area contributed by atoms with E-state index >= 15 is 0 Å². The molecule has 0 atom stereocenters. The zero-order valence-electron chi connectivity index (χ0n) is 8.75. The number of anilines is 1. The Balaban J connectivity index is 2.56. The average molecular weight is 259 g/mol. The third-order valence-electron chi connectivity index (χ3n) is 1.73. The molecule has 4 nitrogen and oxygen atoms in total. The van der Waals surface area contributed by atoms with Crippen molar-refractivity contribution in [1.29, 1.82) is 0 Å². The van der Waals surface area contributed by atoms with Crippen LogP contribution in [0.5, 0.6) is 0 Å². The molecule has 16 heavy (non-hydrogen) atoms. The van der Waals surface area contributed by atoms with E-state index in [1.54, 1.807) is 0 Å². The fraction of sp³-hybridized carbons (Fsp3) is 0.400. The second-order valence-electron chi connectivity index (χ2n) is 2.86. The fourth-order valence-electron chi connectivity index (χ4n) is 0.981. The molecule has 0 unspecified atom stereocenters. The van der Waals surface area contributed by atoms with E-state index in [9.17, 15) is 4.79 Å². The number of carbonyl (C=O) groups is 1. The van der Waals surface area contributed by atoms with Crippen molar-refractivity contribution >= 4 is 34.0 Å². The van der Waals surface area contributed by atoms with Crippen molar-refractivity contribution in [2.45, 2.75) is 12.8 Å². The summed E-state index contributed by atoms with van der Waals surface area (Å²) in [5.74, 6) is 2.07. The van der Waals surface area contributed by atoms with Gasteiger partial charge < -0.3 is 10.1 Å². The SMILES string of the molecule is C#CCCCNc1nc(Cl)c(C(=O)OC)s1. The smallest absolute Gasteiger partial charge is 0.351 e. The predicted molar refractivity (Wildman–Crippen MR) is 65.0 cm³/mol. The second-order valence-corrected chi connectivity index (χ2v) is 4.22. The molecule has 1 heterocycles. The number of nitrogens with one attached hydrogen (secondary N) is 1. The van der Waals surface area contributed by atoms with Gasteiger partial charge in [0.15, 0.2) is 15.2 Å². The summed E-state index contributed by atoms with van der Waals surface area (Å²) in [4.78, 5) is 15.5. The zero-order chi connectivity index (χ0) is 12.0. The standard InChI is InChI=1S/C10H11ClN2O2S/c1-3-4-5-6-12-10-13-8(11)7(16-10)9(14)15-2/h1H,4-6H2,2H3,(H,12,13). The maximum absolute atomic E-state index is 11.2. The number of nitrogens with zero attached hydrogens (tertiary/aromatic N) is 1. The number of carbonyl (C=O) groups excluding carboxylic acids is 1. The van der Waals surface area contributed by atoms with E-state index in [-0.39, 0.29) is 5.15 Å². The van der Waals surface area contributed by atoms with Crippen LogP contribution in [0.15, 0.2) is 0 Å². The van der Waals surface area contributed by atoms with Crippen molar-refractivity contribution < 1.29 is 9.53 Å². The van der Waals surface area contributed by atoms with Gasteiger partial charge >= 0.3 is 5.97 Å². The van der Waals surface area contributed by atoms with Crippen molar-refractivity contribution in [1.82, 2.24) is 4.98 Å². The van der Waals surface area contributed by atoms with E-state index in [0.717, 1.165) is 6.42 Å². The summed E-state index contributed by atoms with van der Waals surface area (Å²) >= 11 is 6.95. The summed E-state index contributed by atoms with van der Waals surface area (Å²) in [7, 11) is 1.30. The van der Waals surface area contributed by atoms with Gasteiger partial charge in [0.2, 0.25) is 0 Å². The highest BCUT2D eigenvalue weighted by Gasteiger charge is 2.16. The van der Waals surface area contributed by atoms with Crippen LogP contribution in [0.2, 0.25) is 5.15 Å². The Hall–Kier alpha value is -1.25. The lowest BCUT2D eigenvalue weighted by molar-refractivity contribution is 0.0606.